The number of H-pyrrole nitrogens is 1. The molecule has 1 saturated heterocycles. The van der Waals surface area contributed by atoms with Gasteiger partial charge in [-0.1, -0.05) is 13.8 Å². The second-order valence-electron chi connectivity index (χ2n) is 5.28. The van der Waals surface area contributed by atoms with E-state index in [1.165, 1.54) is 6.20 Å². The maximum absolute atomic E-state index is 12.2. The molecule has 2 heterocycles. The number of sulfonamides is 1. The maximum atomic E-state index is 12.2. The van der Waals surface area contributed by atoms with Gasteiger partial charge in [0.25, 0.3) is 10.0 Å². The number of aromatic amines is 1. The van der Waals surface area contributed by atoms with Crippen LogP contribution in [-0.2, 0) is 16.4 Å². The summed E-state index contributed by atoms with van der Waals surface area (Å²) in [5, 5.41) is 0.172. The highest BCUT2D eigenvalue weighted by Crippen LogP contribution is 2.14. The summed E-state index contributed by atoms with van der Waals surface area (Å²) in [6, 6.07) is 0.0292. The molecule has 0 atom stereocenters. The summed E-state index contributed by atoms with van der Waals surface area (Å²) in [4.78, 5) is 9.28. The molecule has 7 heteroatoms. The van der Waals surface area contributed by atoms with Crippen LogP contribution >= 0.6 is 0 Å². The second kappa shape index (κ2) is 6.69. The largest absolute Gasteiger partial charge is 0.332 e. The van der Waals surface area contributed by atoms with E-state index in [-0.39, 0.29) is 11.1 Å². The minimum absolute atomic E-state index is 0.0292. The van der Waals surface area contributed by atoms with Crippen molar-refractivity contribution in [3.8, 4) is 0 Å². The SMILES string of the molecule is CCCN1CCC(NS(=O)(=O)c2cnc(CC)[nH]2)CC1. The Kier molecular flexibility index (Phi) is 5.17. The lowest BCUT2D eigenvalue weighted by Gasteiger charge is -2.31. The third kappa shape index (κ3) is 3.80. The molecule has 2 N–H and O–H groups in total. The zero-order chi connectivity index (χ0) is 14.6. The first-order valence-corrected chi connectivity index (χ1v) is 8.82. The first kappa shape index (κ1) is 15.5. The first-order valence-electron chi connectivity index (χ1n) is 7.33. The molecule has 1 aromatic heterocycles. The van der Waals surface area contributed by atoms with Crippen LogP contribution in [0.1, 0.15) is 38.9 Å². The third-order valence-electron chi connectivity index (χ3n) is 3.68. The summed E-state index contributed by atoms with van der Waals surface area (Å²) < 4.78 is 27.3. The Bertz CT molecular complexity index is 518. The molecule has 0 saturated carbocycles. The fourth-order valence-electron chi connectivity index (χ4n) is 2.53. The van der Waals surface area contributed by atoms with Crippen molar-refractivity contribution in [2.75, 3.05) is 19.6 Å². The molecule has 1 aromatic rings. The minimum Gasteiger partial charge on any atom is -0.332 e. The van der Waals surface area contributed by atoms with E-state index in [0.717, 1.165) is 38.9 Å². The highest BCUT2D eigenvalue weighted by molar-refractivity contribution is 7.89. The summed E-state index contributed by atoms with van der Waals surface area (Å²) >= 11 is 0. The summed E-state index contributed by atoms with van der Waals surface area (Å²) in [6.07, 6.45) is 4.98. The number of aromatic nitrogens is 2. The van der Waals surface area contributed by atoms with E-state index in [2.05, 4.69) is 26.5 Å². The van der Waals surface area contributed by atoms with Crippen molar-refractivity contribution in [3.63, 3.8) is 0 Å². The molecule has 0 unspecified atom stereocenters. The van der Waals surface area contributed by atoms with Gasteiger partial charge in [-0.05, 0) is 38.9 Å². The van der Waals surface area contributed by atoms with Gasteiger partial charge in [0.2, 0.25) is 0 Å². The number of piperidine rings is 1. The second-order valence-corrected chi connectivity index (χ2v) is 6.97. The van der Waals surface area contributed by atoms with Crippen molar-refractivity contribution in [1.82, 2.24) is 19.6 Å². The van der Waals surface area contributed by atoms with E-state index in [4.69, 9.17) is 0 Å². The van der Waals surface area contributed by atoms with E-state index < -0.39 is 10.0 Å². The van der Waals surface area contributed by atoms with Gasteiger partial charge in [0.05, 0.1) is 6.20 Å². The topological polar surface area (TPSA) is 78.1 Å². The number of aryl methyl sites for hydroxylation is 1. The molecule has 0 amide bonds. The van der Waals surface area contributed by atoms with Crippen LogP contribution in [-0.4, -0.2) is 49.0 Å². The number of likely N-dealkylation sites (tertiary alicyclic amines) is 1. The van der Waals surface area contributed by atoms with Crippen LogP contribution in [0.4, 0.5) is 0 Å². The van der Waals surface area contributed by atoms with Crippen molar-refractivity contribution in [3.05, 3.63) is 12.0 Å². The molecule has 0 radical (unpaired) electrons. The Labute approximate surface area is 121 Å². The Balaban J connectivity index is 1.92. The van der Waals surface area contributed by atoms with Gasteiger partial charge in [0.1, 0.15) is 5.82 Å². The molecule has 1 fully saturated rings. The lowest BCUT2D eigenvalue weighted by molar-refractivity contribution is 0.208. The normalized spacial score (nSPS) is 18.5. The maximum Gasteiger partial charge on any atom is 0.257 e. The number of hydrogen-bond donors (Lipinski definition) is 2. The van der Waals surface area contributed by atoms with E-state index in [1.54, 1.807) is 0 Å². The molecule has 1 aliphatic heterocycles. The molecule has 114 valence electrons. The number of imidazole rings is 1. The zero-order valence-corrected chi connectivity index (χ0v) is 13.0. The molecule has 20 heavy (non-hydrogen) atoms. The first-order chi connectivity index (χ1) is 9.55. The molecule has 0 aromatic carbocycles. The van der Waals surface area contributed by atoms with E-state index in [9.17, 15) is 8.42 Å². The Morgan fingerprint density at radius 2 is 2.10 bits per heavy atom. The van der Waals surface area contributed by atoms with Crippen LogP contribution in [0.3, 0.4) is 0 Å². The van der Waals surface area contributed by atoms with Gasteiger partial charge in [0, 0.05) is 12.5 Å². The summed E-state index contributed by atoms with van der Waals surface area (Å²) in [6.45, 7) is 7.12. The highest BCUT2D eigenvalue weighted by Gasteiger charge is 2.25. The van der Waals surface area contributed by atoms with E-state index in [0.29, 0.717) is 12.2 Å². The molecule has 1 aliphatic rings. The fourth-order valence-corrected chi connectivity index (χ4v) is 3.78. The van der Waals surface area contributed by atoms with Gasteiger partial charge >= 0.3 is 0 Å². The number of rotatable bonds is 6. The van der Waals surface area contributed by atoms with Crippen molar-refractivity contribution >= 4 is 10.0 Å². The van der Waals surface area contributed by atoms with Crippen molar-refractivity contribution in [2.45, 2.75) is 50.6 Å². The lowest BCUT2D eigenvalue weighted by atomic mass is 10.1. The summed E-state index contributed by atoms with van der Waals surface area (Å²) in [5.41, 5.74) is 0. The van der Waals surface area contributed by atoms with Gasteiger partial charge in [-0.15, -0.1) is 0 Å². The molecule has 0 spiro atoms. The standard InChI is InChI=1S/C13H24N4O2S/c1-3-7-17-8-5-11(6-9-17)16-20(18,19)13-10-14-12(4-2)15-13/h10-11,16H,3-9H2,1-2H3,(H,14,15). The molecule has 0 aliphatic carbocycles. The van der Waals surface area contributed by atoms with Gasteiger partial charge in [-0.25, -0.2) is 18.1 Å². The smallest absolute Gasteiger partial charge is 0.257 e. The lowest BCUT2D eigenvalue weighted by Crippen LogP contribution is -2.44. The van der Waals surface area contributed by atoms with E-state index in [1.807, 2.05) is 6.92 Å². The molecular formula is C13H24N4O2S. The van der Waals surface area contributed by atoms with Gasteiger partial charge in [-0.2, -0.15) is 0 Å². The number of hydrogen-bond acceptors (Lipinski definition) is 4. The van der Waals surface area contributed by atoms with Crippen LogP contribution in [0.15, 0.2) is 11.2 Å². The van der Waals surface area contributed by atoms with Gasteiger partial charge in [-0.3, -0.25) is 0 Å². The van der Waals surface area contributed by atoms with E-state index >= 15 is 0 Å². The van der Waals surface area contributed by atoms with Crippen LogP contribution in [0.25, 0.3) is 0 Å². The average molecular weight is 300 g/mol. The third-order valence-corrected chi connectivity index (χ3v) is 5.11. The molecule has 6 nitrogen and oxygen atoms in total. The van der Waals surface area contributed by atoms with Crippen molar-refractivity contribution in [1.29, 1.82) is 0 Å². The number of nitrogens with one attached hydrogen (secondary N) is 2. The quantitative estimate of drug-likeness (QED) is 0.825. The summed E-state index contributed by atoms with van der Waals surface area (Å²) in [7, 11) is -3.47. The van der Waals surface area contributed by atoms with Crippen molar-refractivity contribution in [2.24, 2.45) is 0 Å². The van der Waals surface area contributed by atoms with Gasteiger partial charge < -0.3 is 9.88 Å². The summed E-state index contributed by atoms with van der Waals surface area (Å²) in [5.74, 6) is 0.697. The molecule has 0 bridgehead atoms. The Morgan fingerprint density at radius 3 is 2.65 bits per heavy atom. The highest BCUT2D eigenvalue weighted by atomic mass is 32.2. The van der Waals surface area contributed by atoms with Crippen LogP contribution in [0.5, 0.6) is 0 Å². The molecular weight excluding hydrogens is 276 g/mol. The zero-order valence-electron chi connectivity index (χ0n) is 12.2. The Morgan fingerprint density at radius 1 is 1.40 bits per heavy atom. The van der Waals surface area contributed by atoms with Gasteiger partial charge in [0.15, 0.2) is 5.03 Å². The van der Waals surface area contributed by atoms with Crippen LogP contribution in [0, 0.1) is 0 Å². The monoisotopic (exact) mass is 300 g/mol. The minimum atomic E-state index is -3.47. The number of nitrogens with zero attached hydrogens (tertiary/aromatic N) is 2. The van der Waals surface area contributed by atoms with Crippen LogP contribution < -0.4 is 4.72 Å². The average Bonchev–Trinajstić information content (AvgIpc) is 2.91. The Hall–Kier alpha value is -0.920. The van der Waals surface area contributed by atoms with Crippen LogP contribution in [0.2, 0.25) is 0 Å². The molecule has 2 rings (SSSR count). The predicted molar refractivity (Wildman–Crippen MR) is 78.0 cm³/mol. The fraction of sp³-hybridized carbons (Fsp3) is 0.769. The predicted octanol–water partition coefficient (Wildman–Crippen LogP) is 1.12. The van der Waals surface area contributed by atoms with Crippen molar-refractivity contribution < 1.29 is 8.42 Å².